The number of Topliss-reactive ketones (excluding diaryl/α,β-unsaturated/α-hetero) is 1. The summed E-state index contributed by atoms with van der Waals surface area (Å²) in [7, 11) is 1.56. The lowest BCUT2D eigenvalue weighted by molar-refractivity contribution is -0.384. The van der Waals surface area contributed by atoms with Crippen molar-refractivity contribution in [3.05, 3.63) is 69.1 Å². The Labute approximate surface area is 186 Å². The molecule has 4 rings (SSSR count). The average Bonchev–Trinajstić information content (AvgIpc) is 3.21. The van der Waals surface area contributed by atoms with Crippen molar-refractivity contribution in [3.63, 3.8) is 0 Å². The molecule has 0 bridgehead atoms. The van der Waals surface area contributed by atoms with Crippen molar-refractivity contribution in [1.29, 1.82) is 0 Å². The van der Waals surface area contributed by atoms with E-state index in [9.17, 15) is 19.7 Å². The largest absolute Gasteiger partial charge is 0.497 e. The van der Waals surface area contributed by atoms with Crippen molar-refractivity contribution in [1.82, 2.24) is 14.9 Å². The molecule has 11 heteroatoms. The zero-order valence-corrected chi connectivity index (χ0v) is 18.1. The maximum absolute atomic E-state index is 12.8. The Morgan fingerprint density at radius 2 is 1.62 bits per heavy atom. The van der Waals surface area contributed by atoms with Crippen molar-refractivity contribution >= 4 is 34.8 Å². The summed E-state index contributed by atoms with van der Waals surface area (Å²) < 4.78 is 6.74. The van der Waals surface area contributed by atoms with Gasteiger partial charge in [-0.1, -0.05) is 0 Å². The summed E-state index contributed by atoms with van der Waals surface area (Å²) in [4.78, 5) is 36.2. The molecule has 2 aromatic carbocycles. The lowest BCUT2D eigenvalue weighted by Gasteiger charge is -2.32. The first-order chi connectivity index (χ1) is 15.3. The summed E-state index contributed by atoms with van der Waals surface area (Å²) in [6.07, 6.45) is 0. The topological polar surface area (TPSA) is 120 Å². The number of ether oxygens (including phenoxy) is 1. The summed E-state index contributed by atoms with van der Waals surface area (Å²) in [5.41, 5.74) is 1.38. The lowest BCUT2D eigenvalue weighted by atomic mass is 10.1. The molecule has 1 aliphatic rings. The van der Waals surface area contributed by atoms with E-state index in [-0.39, 0.29) is 22.3 Å². The fraction of sp³-hybridized carbons (Fsp3) is 0.143. The number of non-ortho nitro benzene ring substituents is 1. The number of fused-ring (bicyclic) bond motifs is 1. The van der Waals surface area contributed by atoms with Crippen LogP contribution in [0.25, 0.3) is 17.1 Å². The van der Waals surface area contributed by atoms with Gasteiger partial charge in [-0.3, -0.25) is 19.7 Å². The van der Waals surface area contributed by atoms with E-state index in [0.29, 0.717) is 33.6 Å². The quantitative estimate of drug-likeness (QED) is 0.427. The molecule has 0 aliphatic carbocycles. The van der Waals surface area contributed by atoms with Crippen LogP contribution in [0.15, 0.2) is 58.6 Å². The predicted octanol–water partition coefficient (Wildman–Crippen LogP) is 3.41. The number of thioether (sulfide) groups is 1. The van der Waals surface area contributed by atoms with Crippen LogP contribution in [0, 0.1) is 10.1 Å². The first-order valence-electron chi connectivity index (χ1n) is 9.40. The molecule has 2 heterocycles. The Hall–Kier alpha value is -3.99. The summed E-state index contributed by atoms with van der Waals surface area (Å²) in [5, 5.41) is 21.1. The minimum absolute atomic E-state index is 0.0968. The smallest absolute Gasteiger partial charge is 0.269 e. The minimum Gasteiger partial charge on any atom is -0.497 e. The molecule has 1 aliphatic heterocycles. The van der Waals surface area contributed by atoms with Gasteiger partial charge >= 0.3 is 0 Å². The van der Waals surface area contributed by atoms with Gasteiger partial charge in [0.2, 0.25) is 11.1 Å². The highest BCUT2D eigenvalue weighted by Crippen LogP contribution is 2.41. The van der Waals surface area contributed by atoms with Gasteiger partial charge in [-0.2, -0.15) is 4.68 Å². The Morgan fingerprint density at radius 3 is 2.16 bits per heavy atom. The van der Waals surface area contributed by atoms with Gasteiger partial charge < -0.3 is 4.74 Å². The molecule has 0 radical (unpaired) electrons. The maximum Gasteiger partial charge on any atom is 0.269 e. The van der Waals surface area contributed by atoms with Crippen molar-refractivity contribution in [2.75, 3.05) is 12.1 Å². The number of allylic oxidation sites excluding steroid dienone is 1. The number of nitro benzene ring substituents is 1. The zero-order chi connectivity index (χ0) is 23.0. The Bertz CT molecular complexity index is 1260. The number of benzene rings is 2. The number of rotatable bonds is 5. The molecule has 0 unspecified atom stereocenters. The molecule has 0 atom stereocenters. The third kappa shape index (κ3) is 3.62. The number of nitro groups is 1. The van der Waals surface area contributed by atoms with Crippen molar-refractivity contribution in [2.24, 2.45) is 0 Å². The number of nitrogens with zero attached hydrogens (tertiary/aromatic N) is 5. The highest BCUT2D eigenvalue weighted by Gasteiger charge is 2.35. The molecule has 162 valence electrons. The molecule has 0 saturated carbocycles. The van der Waals surface area contributed by atoms with Crippen molar-refractivity contribution in [3.8, 4) is 17.1 Å². The van der Waals surface area contributed by atoms with Crippen molar-refractivity contribution < 1.29 is 19.2 Å². The van der Waals surface area contributed by atoms with E-state index in [1.165, 1.54) is 47.8 Å². The van der Waals surface area contributed by atoms with E-state index in [1.807, 2.05) is 0 Å². The van der Waals surface area contributed by atoms with Gasteiger partial charge in [-0.25, -0.2) is 5.01 Å². The lowest BCUT2D eigenvalue weighted by Crippen LogP contribution is -2.41. The molecule has 1 aromatic heterocycles. The number of aromatic nitrogens is 3. The molecule has 1 amide bonds. The average molecular weight is 451 g/mol. The minimum atomic E-state index is -0.512. The number of ketones is 1. The molecule has 0 N–H and O–H groups in total. The summed E-state index contributed by atoms with van der Waals surface area (Å²) in [5.74, 6) is 0.408. The molecular formula is C21H17N5O5S. The van der Waals surface area contributed by atoms with E-state index in [2.05, 4.69) is 10.2 Å². The van der Waals surface area contributed by atoms with Gasteiger partial charge in [0, 0.05) is 30.2 Å². The van der Waals surface area contributed by atoms with Crippen LogP contribution >= 0.6 is 11.8 Å². The number of hydrogen-bond acceptors (Lipinski definition) is 8. The number of carbonyl (C=O) groups is 2. The standard InChI is InChI=1S/C21H17N5O5S/c1-12(27)19-18(14-4-8-16(9-5-14)26(29)30)24(13(2)28)25-20(22-23-21(25)32-19)15-6-10-17(31-3)11-7-15/h4-11H,1-3H3. The SMILES string of the molecule is COc1ccc(-c2nnc3n2N(C(C)=O)C(c2ccc([N+](=O)[O-])cc2)=C(C(C)=O)S3)cc1. The Kier molecular flexibility index (Phi) is 5.49. The van der Waals surface area contributed by atoms with Gasteiger partial charge in [0.1, 0.15) is 5.75 Å². The number of hydrogen-bond donors (Lipinski definition) is 0. The van der Waals surface area contributed by atoms with Crippen LogP contribution < -0.4 is 9.75 Å². The van der Waals surface area contributed by atoms with Crippen LogP contribution in [0.2, 0.25) is 0 Å². The first kappa shape index (κ1) is 21.2. The van der Waals surface area contributed by atoms with Crippen LogP contribution in [0.3, 0.4) is 0 Å². The Balaban J connectivity index is 1.90. The van der Waals surface area contributed by atoms with E-state index in [4.69, 9.17) is 4.74 Å². The molecule has 0 saturated heterocycles. The second-order valence-electron chi connectivity index (χ2n) is 6.82. The van der Waals surface area contributed by atoms with Gasteiger partial charge in [-0.15, -0.1) is 10.2 Å². The maximum atomic E-state index is 12.8. The third-order valence-corrected chi connectivity index (χ3v) is 5.87. The zero-order valence-electron chi connectivity index (χ0n) is 17.3. The summed E-state index contributed by atoms with van der Waals surface area (Å²) in [6, 6.07) is 12.8. The second-order valence-corrected chi connectivity index (χ2v) is 7.79. The van der Waals surface area contributed by atoms with Crippen LogP contribution in [-0.4, -0.2) is 38.6 Å². The third-order valence-electron chi connectivity index (χ3n) is 4.75. The summed E-state index contributed by atoms with van der Waals surface area (Å²) >= 11 is 1.09. The molecular weight excluding hydrogens is 434 g/mol. The highest BCUT2D eigenvalue weighted by molar-refractivity contribution is 8.04. The highest BCUT2D eigenvalue weighted by atomic mass is 32.2. The van der Waals surface area contributed by atoms with Gasteiger partial charge in [0.25, 0.3) is 5.69 Å². The van der Waals surface area contributed by atoms with Crippen molar-refractivity contribution in [2.45, 2.75) is 19.0 Å². The Morgan fingerprint density at radius 1 is 1.00 bits per heavy atom. The molecule has 0 spiro atoms. The van der Waals surface area contributed by atoms with Crippen LogP contribution in [0.5, 0.6) is 5.75 Å². The van der Waals surface area contributed by atoms with Crippen LogP contribution in [-0.2, 0) is 9.59 Å². The fourth-order valence-electron chi connectivity index (χ4n) is 3.30. The monoisotopic (exact) mass is 451 g/mol. The second kappa shape index (κ2) is 8.27. The van der Waals surface area contributed by atoms with Crippen LogP contribution in [0.1, 0.15) is 19.4 Å². The fourth-order valence-corrected chi connectivity index (χ4v) is 4.26. The van der Waals surface area contributed by atoms with Gasteiger partial charge in [0.05, 0.1) is 22.6 Å². The number of methoxy groups -OCH3 is 1. The molecule has 32 heavy (non-hydrogen) atoms. The van der Waals surface area contributed by atoms with E-state index < -0.39 is 4.92 Å². The molecule has 3 aromatic rings. The number of carbonyl (C=O) groups excluding carboxylic acids is 2. The predicted molar refractivity (Wildman–Crippen MR) is 117 cm³/mol. The first-order valence-corrected chi connectivity index (χ1v) is 10.2. The molecule has 0 fully saturated rings. The van der Waals surface area contributed by atoms with E-state index in [1.54, 1.807) is 31.4 Å². The van der Waals surface area contributed by atoms with E-state index in [0.717, 1.165) is 11.8 Å². The van der Waals surface area contributed by atoms with E-state index >= 15 is 0 Å². The van der Waals surface area contributed by atoms with Crippen LogP contribution in [0.4, 0.5) is 5.69 Å². The number of amides is 1. The summed E-state index contributed by atoms with van der Waals surface area (Å²) in [6.45, 7) is 2.75. The van der Waals surface area contributed by atoms with Gasteiger partial charge in [0.15, 0.2) is 11.6 Å². The van der Waals surface area contributed by atoms with Gasteiger partial charge in [-0.05, 0) is 55.1 Å². The normalized spacial score (nSPS) is 13.0. The molecule has 10 nitrogen and oxygen atoms in total.